The van der Waals surface area contributed by atoms with Crippen molar-refractivity contribution in [1.82, 2.24) is 0 Å². The highest BCUT2D eigenvalue weighted by Gasteiger charge is 2.40. The Morgan fingerprint density at radius 1 is 0.743 bits per heavy atom. The van der Waals surface area contributed by atoms with Crippen LogP contribution in [0, 0.1) is 0 Å². The molecule has 5 atom stereocenters. The number of phenols is 5. The van der Waals surface area contributed by atoms with Gasteiger partial charge in [0.2, 0.25) is 11.2 Å². The summed E-state index contributed by atoms with van der Waals surface area (Å²) in [7, 11) is 0. The summed E-state index contributed by atoms with van der Waals surface area (Å²) in [6.07, 6.45) is -5.99. The van der Waals surface area contributed by atoms with Crippen LogP contribution in [-0.2, 0) is 4.74 Å². The lowest BCUT2D eigenvalue weighted by molar-refractivity contribution is -0.277. The Bertz CT molecular complexity index is 1240. The Morgan fingerprint density at radius 3 is 1.89 bits per heavy atom. The number of aromatic hydroxyl groups is 6. The summed E-state index contributed by atoms with van der Waals surface area (Å²) in [4.78, 5) is 12.2. The fraction of sp³-hybridized carbons (Fsp3) is 0.286. The molecule has 0 aliphatic carbocycles. The molecule has 2 heterocycles. The number of hydrogen-bond acceptors (Lipinski definition) is 13. The second kappa shape index (κ2) is 10.5. The Morgan fingerprint density at radius 2 is 1.31 bits per heavy atom. The van der Waals surface area contributed by atoms with E-state index in [0.717, 1.165) is 24.3 Å². The summed E-state index contributed by atoms with van der Waals surface area (Å²) < 4.78 is 9.97. The SMILES string of the molecule is C[C@@H]1OC(O)[C@H](O)[C@H](O)C1O.O=c1c(O)c(-c2cc(O)c(O)c(O)c2)oc2cc(O)cc(O)c12.S. The lowest BCUT2D eigenvalue weighted by Gasteiger charge is -2.36. The topological polar surface area (TPSA) is 242 Å². The van der Waals surface area contributed by atoms with Crippen molar-refractivity contribution in [2.24, 2.45) is 0 Å². The Kier molecular flexibility index (Phi) is 8.33. The van der Waals surface area contributed by atoms with Gasteiger partial charge in [-0.1, -0.05) is 0 Å². The maximum absolute atomic E-state index is 12.2. The van der Waals surface area contributed by atoms with Gasteiger partial charge in [-0.05, 0) is 19.1 Å². The fourth-order valence-corrected chi connectivity index (χ4v) is 3.24. The molecule has 10 N–H and O–H groups in total. The van der Waals surface area contributed by atoms with Gasteiger partial charge in [0.05, 0.1) is 6.10 Å². The molecule has 14 heteroatoms. The lowest BCUT2D eigenvalue weighted by Crippen LogP contribution is -2.56. The van der Waals surface area contributed by atoms with E-state index in [9.17, 15) is 35.4 Å². The third-order valence-electron chi connectivity index (χ3n) is 5.09. The zero-order valence-electron chi connectivity index (χ0n) is 17.9. The third-order valence-corrected chi connectivity index (χ3v) is 5.09. The number of rotatable bonds is 1. The molecule has 0 bridgehead atoms. The fourth-order valence-electron chi connectivity index (χ4n) is 3.24. The Hall–Kier alpha value is -3.40. The molecule has 0 amide bonds. The van der Waals surface area contributed by atoms with Gasteiger partial charge in [0.25, 0.3) is 0 Å². The quantitative estimate of drug-likeness (QED) is 0.186. The van der Waals surface area contributed by atoms with Gasteiger partial charge in [0.15, 0.2) is 29.3 Å². The second-order valence-electron chi connectivity index (χ2n) is 7.51. The van der Waals surface area contributed by atoms with E-state index in [1.165, 1.54) is 6.92 Å². The van der Waals surface area contributed by atoms with E-state index < -0.39 is 70.6 Å². The van der Waals surface area contributed by atoms with E-state index in [2.05, 4.69) is 4.74 Å². The van der Waals surface area contributed by atoms with Crippen LogP contribution in [0.5, 0.6) is 34.5 Å². The number of aliphatic hydroxyl groups excluding tert-OH is 4. The highest BCUT2D eigenvalue weighted by Crippen LogP contribution is 2.42. The van der Waals surface area contributed by atoms with Crippen LogP contribution >= 0.6 is 13.5 Å². The first-order valence-electron chi connectivity index (χ1n) is 9.68. The zero-order chi connectivity index (χ0) is 25.5. The Labute approximate surface area is 203 Å². The summed E-state index contributed by atoms with van der Waals surface area (Å²) >= 11 is 0. The molecule has 1 aliphatic heterocycles. The van der Waals surface area contributed by atoms with Gasteiger partial charge in [0, 0.05) is 17.7 Å². The van der Waals surface area contributed by atoms with Gasteiger partial charge in [-0.15, -0.1) is 0 Å². The normalized spacial score (nSPS) is 23.7. The van der Waals surface area contributed by atoms with Crippen molar-refractivity contribution in [3.63, 3.8) is 0 Å². The summed E-state index contributed by atoms with van der Waals surface area (Å²) in [5, 5.41) is 93.1. The van der Waals surface area contributed by atoms with Crippen LogP contribution in [0.15, 0.2) is 33.5 Å². The smallest absolute Gasteiger partial charge is 0.238 e. The molecule has 3 aromatic rings. The largest absolute Gasteiger partial charge is 0.508 e. The first kappa shape index (κ1) is 27.8. The minimum Gasteiger partial charge on any atom is -0.508 e. The number of benzene rings is 2. The van der Waals surface area contributed by atoms with Crippen LogP contribution < -0.4 is 5.43 Å². The highest BCUT2D eigenvalue weighted by atomic mass is 32.1. The first-order valence-corrected chi connectivity index (χ1v) is 9.68. The van der Waals surface area contributed by atoms with Gasteiger partial charge in [-0.25, -0.2) is 0 Å². The molecular formula is C21H24O13S. The van der Waals surface area contributed by atoms with Gasteiger partial charge in [-0.2, -0.15) is 13.5 Å². The zero-order valence-corrected chi connectivity index (χ0v) is 18.9. The van der Waals surface area contributed by atoms with E-state index in [1.54, 1.807) is 0 Å². The van der Waals surface area contributed by atoms with Crippen molar-refractivity contribution in [3.05, 3.63) is 34.5 Å². The van der Waals surface area contributed by atoms with Crippen molar-refractivity contribution in [3.8, 4) is 45.8 Å². The standard InChI is InChI=1S/C15H10O8.C6H12O5.H2S/c16-6-3-7(17)11-10(4-6)23-15(14(22)13(11)21)5-1-8(18)12(20)9(19)2-5;1-2-3(7)4(8)5(9)6(10)11-2;/h1-4,16-20,22H;2-10H,1H3;1H2/t;2-,3?,4+,5+,6?;/m.0./s1. The van der Waals surface area contributed by atoms with Crippen molar-refractivity contribution in [2.75, 3.05) is 0 Å². The third kappa shape index (κ3) is 5.32. The lowest BCUT2D eigenvalue weighted by atomic mass is 10.0. The average Bonchev–Trinajstić information content (AvgIpc) is 2.76. The number of phenolic OH excluding ortho intramolecular Hbond substituents is 5. The van der Waals surface area contributed by atoms with Gasteiger partial charge >= 0.3 is 0 Å². The van der Waals surface area contributed by atoms with Crippen LogP contribution in [0.1, 0.15) is 6.92 Å². The van der Waals surface area contributed by atoms with Gasteiger partial charge < -0.3 is 60.2 Å². The number of fused-ring (bicyclic) bond motifs is 1. The van der Waals surface area contributed by atoms with Crippen LogP contribution in [0.4, 0.5) is 0 Å². The maximum atomic E-state index is 12.2. The summed E-state index contributed by atoms with van der Waals surface area (Å²) in [6, 6.07) is 3.89. The molecule has 4 rings (SSSR count). The first-order chi connectivity index (χ1) is 15.8. The highest BCUT2D eigenvalue weighted by molar-refractivity contribution is 7.59. The van der Waals surface area contributed by atoms with Crippen LogP contribution in [0.3, 0.4) is 0 Å². The molecule has 2 unspecified atom stereocenters. The van der Waals surface area contributed by atoms with E-state index in [0.29, 0.717) is 0 Å². The molecule has 35 heavy (non-hydrogen) atoms. The van der Waals surface area contributed by atoms with E-state index in [4.69, 9.17) is 24.8 Å². The molecule has 0 spiro atoms. The predicted molar refractivity (Wildman–Crippen MR) is 123 cm³/mol. The summed E-state index contributed by atoms with van der Waals surface area (Å²) in [5.41, 5.74) is -1.28. The molecule has 1 fully saturated rings. The predicted octanol–water partition coefficient (Wildman–Crippen LogP) is -0.387. The van der Waals surface area contributed by atoms with Crippen molar-refractivity contribution >= 4 is 24.5 Å². The molecule has 1 aliphatic rings. The van der Waals surface area contributed by atoms with E-state index in [1.807, 2.05) is 0 Å². The number of ether oxygens (including phenoxy) is 1. The van der Waals surface area contributed by atoms with Gasteiger partial charge in [0.1, 0.15) is 40.8 Å². The van der Waals surface area contributed by atoms with E-state index in [-0.39, 0.29) is 35.8 Å². The maximum Gasteiger partial charge on any atom is 0.238 e. The number of aliphatic hydroxyl groups is 4. The van der Waals surface area contributed by atoms with Crippen molar-refractivity contribution in [2.45, 2.75) is 37.6 Å². The molecule has 13 nitrogen and oxygen atoms in total. The summed E-state index contributed by atoms with van der Waals surface area (Å²) in [5.74, 6) is -4.40. The molecule has 2 aromatic carbocycles. The monoisotopic (exact) mass is 516 g/mol. The summed E-state index contributed by atoms with van der Waals surface area (Å²) in [6.45, 7) is 1.50. The van der Waals surface area contributed by atoms with Crippen molar-refractivity contribution in [1.29, 1.82) is 0 Å². The Balaban J connectivity index is 0.000000305. The van der Waals surface area contributed by atoms with Crippen LogP contribution in [0.25, 0.3) is 22.3 Å². The minimum absolute atomic E-state index is 0. The number of hydrogen-bond donors (Lipinski definition) is 10. The molecule has 0 saturated carbocycles. The second-order valence-corrected chi connectivity index (χ2v) is 7.51. The van der Waals surface area contributed by atoms with Crippen LogP contribution in [0.2, 0.25) is 0 Å². The van der Waals surface area contributed by atoms with Gasteiger partial charge in [-0.3, -0.25) is 4.79 Å². The molecule has 1 aromatic heterocycles. The van der Waals surface area contributed by atoms with Crippen LogP contribution in [-0.4, -0.2) is 81.8 Å². The minimum atomic E-state index is -1.43. The van der Waals surface area contributed by atoms with E-state index >= 15 is 0 Å². The average molecular weight is 516 g/mol. The molecule has 1 saturated heterocycles. The molecular weight excluding hydrogens is 492 g/mol. The molecule has 0 radical (unpaired) electrons. The van der Waals surface area contributed by atoms with Crippen molar-refractivity contribution < 1.29 is 60.2 Å². The molecule has 192 valence electrons.